The number of hydrogen-bond donors (Lipinski definition) is 1. The zero-order valence-electron chi connectivity index (χ0n) is 11.8. The van der Waals surface area contributed by atoms with Gasteiger partial charge in [0, 0.05) is 12.3 Å². The second kappa shape index (κ2) is 7.11. The Morgan fingerprint density at radius 3 is 2.61 bits per heavy atom. The Bertz CT molecular complexity index is 359. The van der Waals surface area contributed by atoms with Gasteiger partial charge in [0.2, 0.25) is 0 Å². The van der Waals surface area contributed by atoms with Crippen molar-refractivity contribution in [2.75, 3.05) is 12.4 Å². The van der Waals surface area contributed by atoms with Gasteiger partial charge in [-0.15, -0.1) is 10.2 Å². The van der Waals surface area contributed by atoms with E-state index >= 15 is 0 Å². The molecule has 1 heterocycles. The molecule has 5 nitrogen and oxygen atoms in total. The largest absolute Gasteiger partial charge is 0.375 e. The first-order valence-corrected chi connectivity index (χ1v) is 7.35. The van der Waals surface area contributed by atoms with Gasteiger partial charge in [-0.05, 0) is 27.2 Å². The van der Waals surface area contributed by atoms with E-state index in [-0.39, 0.29) is 5.60 Å². The molecule has 0 saturated heterocycles. The lowest BCUT2D eigenvalue weighted by molar-refractivity contribution is 0.00692. The van der Waals surface area contributed by atoms with Crippen LogP contribution in [0.15, 0.2) is 5.16 Å². The van der Waals surface area contributed by atoms with Crippen LogP contribution in [0.3, 0.4) is 0 Å². The maximum absolute atomic E-state index is 5.68. The van der Waals surface area contributed by atoms with Gasteiger partial charge < -0.3 is 15.0 Å². The summed E-state index contributed by atoms with van der Waals surface area (Å²) in [6, 6.07) is 0. The molecule has 0 amide bonds. The maximum atomic E-state index is 5.68. The smallest absolute Gasteiger partial charge is 0.191 e. The number of thioether (sulfide) groups is 1. The molecule has 0 unspecified atom stereocenters. The normalized spacial score (nSPS) is 12.1. The van der Waals surface area contributed by atoms with Crippen LogP contribution >= 0.6 is 11.8 Å². The average Bonchev–Trinajstić information content (AvgIpc) is 2.66. The van der Waals surface area contributed by atoms with Gasteiger partial charge in [-0.3, -0.25) is 0 Å². The van der Waals surface area contributed by atoms with Gasteiger partial charge in [0.15, 0.2) is 5.16 Å². The minimum atomic E-state index is -0.0833. The highest BCUT2D eigenvalue weighted by molar-refractivity contribution is 7.99. The Hall–Kier alpha value is -0.590. The van der Waals surface area contributed by atoms with Crippen LogP contribution in [0.1, 0.15) is 39.9 Å². The van der Waals surface area contributed by atoms with Crippen LogP contribution in [-0.2, 0) is 17.8 Å². The Balaban J connectivity index is 2.49. The minimum Gasteiger partial charge on any atom is -0.375 e. The van der Waals surface area contributed by atoms with E-state index in [9.17, 15) is 0 Å². The van der Waals surface area contributed by atoms with E-state index in [4.69, 9.17) is 10.5 Å². The lowest BCUT2D eigenvalue weighted by Gasteiger charge is -2.19. The summed E-state index contributed by atoms with van der Waals surface area (Å²) in [6.45, 7) is 10.4. The number of hydrogen-bond acceptors (Lipinski definition) is 5. The van der Waals surface area contributed by atoms with Crippen molar-refractivity contribution in [3.63, 3.8) is 0 Å². The summed E-state index contributed by atoms with van der Waals surface area (Å²) in [5.74, 6) is 1.74. The number of ether oxygens (including phenoxy) is 1. The lowest BCUT2D eigenvalue weighted by atomic mass is 10.2. The lowest BCUT2D eigenvalue weighted by Crippen LogP contribution is -2.20. The molecule has 0 spiro atoms. The number of nitrogens with zero attached hydrogens (tertiary/aromatic N) is 3. The number of aromatic nitrogens is 3. The molecule has 2 N–H and O–H groups in total. The summed E-state index contributed by atoms with van der Waals surface area (Å²) in [4.78, 5) is 0. The van der Waals surface area contributed by atoms with Crippen molar-refractivity contribution in [1.82, 2.24) is 14.8 Å². The van der Waals surface area contributed by atoms with Crippen molar-refractivity contribution in [3.05, 3.63) is 5.82 Å². The molecular weight excluding hydrogens is 248 g/mol. The third-order valence-electron chi connectivity index (χ3n) is 2.27. The molecule has 18 heavy (non-hydrogen) atoms. The molecule has 0 saturated carbocycles. The Kier molecular flexibility index (Phi) is 6.11. The zero-order valence-corrected chi connectivity index (χ0v) is 12.6. The molecule has 1 aromatic rings. The van der Waals surface area contributed by atoms with Crippen molar-refractivity contribution in [2.24, 2.45) is 5.73 Å². The first-order valence-electron chi connectivity index (χ1n) is 6.37. The summed E-state index contributed by atoms with van der Waals surface area (Å²) in [7, 11) is 0. The molecule has 0 bridgehead atoms. The van der Waals surface area contributed by atoms with E-state index in [0.29, 0.717) is 13.2 Å². The molecule has 104 valence electrons. The van der Waals surface area contributed by atoms with Crippen LogP contribution in [0.2, 0.25) is 0 Å². The van der Waals surface area contributed by atoms with Crippen molar-refractivity contribution >= 4 is 11.8 Å². The highest BCUT2D eigenvalue weighted by Gasteiger charge is 2.12. The summed E-state index contributed by atoms with van der Waals surface area (Å²) in [5.41, 5.74) is 5.57. The molecule has 1 rings (SSSR count). The third-order valence-corrected chi connectivity index (χ3v) is 3.20. The van der Waals surface area contributed by atoms with E-state index in [1.807, 2.05) is 0 Å². The van der Waals surface area contributed by atoms with Gasteiger partial charge in [-0.2, -0.15) is 0 Å². The number of rotatable bonds is 7. The van der Waals surface area contributed by atoms with Gasteiger partial charge >= 0.3 is 0 Å². The molecule has 1 aromatic heterocycles. The van der Waals surface area contributed by atoms with Gasteiger partial charge in [-0.1, -0.05) is 18.7 Å². The predicted octanol–water partition coefficient (Wildman–Crippen LogP) is 2.05. The van der Waals surface area contributed by atoms with Gasteiger partial charge in [0.1, 0.15) is 5.82 Å². The Morgan fingerprint density at radius 2 is 2.06 bits per heavy atom. The highest BCUT2D eigenvalue weighted by Crippen LogP contribution is 2.18. The average molecular weight is 272 g/mol. The quantitative estimate of drug-likeness (QED) is 0.608. The summed E-state index contributed by atoms with van der Waals surface area (Å²) in [5, 5.41) is 9.23. The molecule has 0 aliphatic carbocycles. The fourth-order valence-corrected chi connectivity index (χ4v) is 2.31. The van der Waals surface area contributed by atoms with Crippen molar-refractivity contribution < 1.29 is 4.74 Å². The van der Waals surface area contributed by atoms with Crippen molar-refractivity contribution in [2.45, 2.75) is 58.0 Å². The Morgan fingerprint density at radius 1 is 1.33 bits per heavy atom. The zero-order chi connectivity index (χ0) is 13.6. The Labute approximate surface area is 113 Å². The van der Waals surface area contributed by atoms with Crippen molar-refractivity contribution in [3.8, 4) is 0 Å². The van der Waals surface area contributed by atoms with Crippen LogP contribution in [-0.4, -0.2) is 32.7 Å². The molecule has 0 fully saturated rings. The standard InChI is InChI=1S/C12H24N4OS/c1-5-6-16-10(9-13)14-15-11(16)18-8-7-17-12(2,3)4/h5-9,13H2,1-4H3. The third kappa shape index (κ3) is 4.96. The van der Waals surface area contributed by atoms with Crippen LogP contribution in [0.25, 0.3) is 0 Å². The molecule has 0 radical (unpaired) electrons. The van der Waals surface area contributed by atoms with Crippen LogP contribution < -0.4 is 5.73 Å². The van der Waals surface area contributed by atoms with Crippen LogP contribution in [0, 0.1) is 0 Å². The molecule has 0 aliphatic rings. The monoisotopic (exact) mass is 272 g/mol. The molecule has 0 atom stereocenters. The summed E-state index contributed by atoms with van der Waals surface area (Å²) >= 11 is 1.67. The van der Waals surface area contributed by atoms with E-state index in [2.05, 4.69) is 42.5 Å². The second-order valence-electron chi connectivity index (χ2n) is 5.06. The topological polar surface area (TPSA) is 66.0 Å². The van der Waals surface area contributed by atoms with Gasteiger partial charge in [0.05, 0.1) is 18.8 Å². The van der Waals surface area contributed by atoms with Crippen LogP contribution in [0.5, 0.6) is 0 Å². The second-order valence-corrected chi connectivity index (χ2v) is 6.13. The predicted molar refractivity (Wildman–Crippen MR) is 74.6 cm³/mol. The SMILES string of the molecule is CCCn1c(CN)nnc1SCCOC(C)(C)C. The molecular formula is C12H24N4OS. The van der Waals surface area contributed by atoms with E-state index in [1.165, 1.54) is 0 Å². The maximum Gasteiger partial charge on any atom is 0.191 e. The van der Waals surface area contributed by atoms with E-state index in [0.717, 1.165) is 29.7 Å². The minimum absolute atomic E-state index is 0.0833. The van der Waals surface area contributed by atoms with Crippen LogP contribution in [0.4, 0.5) is 0 Å². The highest BCUT2D eigenvalue weighted by atomic mass is 32.2. The van der Waals surface area contributed by atoms with E-state index in [1.54, 1.807) is 11.8 Å². The first-order chi connectivity index (χ1) is 8.48. The number of nitrogens with two attached hydrogens (primary N) is 1. The van der Waals surface area contributed by atoms with Crippen molar-refractivity contribution in [1.29, 1.82) is 0 Å². The molecule has 0 aliphatic heterocycles. The van der Waals surface area contributed by atoms with E-state index < -0.39 is 0 Å². The fourth-order valence-electron chi connectivity index (χ4n) is 1.51. The summed E-state index contributed by atoms with van der Waals surface area (Å²) in [6.07, 6.45) is 1.05. The molecule has 0 aromatic carbocycles. The fraction of sp³-hybridized carbons (Fsp3) is 0.833. The van der Waals surface area contributed by atoms with Gasteiger partial charge in [-0.25, -0.2) is 0 Å². The first kappa shape index (κ1) is 15.5. The molecule has 6 heteroatoms. The summed E-state index contributed by atoms with van der Waals surface area (Å²) < 4.78 is 7.78. The van der Waals surface area contributed by atoms with Gasteiger partial charge in [0.25, 0.3) is 0 Å².